The Morgan fingerprint density at radius 1 is 1.10 bits per heavy atom. The smallest absolute Gasteiger partial charge is 0.0810 e. The highest BCUT2D eigenvalue weighted by Gasteiger charge is 2.38. The van der Waals surface area contributed by atoms with Crippen molar-refractivity contribution in [2.24, 2.45) is 11.8 Å². The summed E-state index contributed by atoms with van der Waals surface area (Å²) in [6, 6.07) is 0. The van der Waals surface area contributed by atoms with Gasteiger partial charge >= 0.3 is 0 Å². The van der Waals surface area contributed by atoms with E-state index in [-0.39, 0.29) is 5.60 Å². The van der Waals surface area contributed by atoms with Gasteiger partial charge in [-0.15, -0.1) is 0 Å². The summed E-state index contributed by atoms with van der Waals surface area (Å²) in [6.45, 7) is 9.19. The summed E-state index contributed by atoms with van der Waals surface area (Å²) in [7, 11) is 0. The minimum atomic E-state index is 0.141. The van der Waals surface area contributed by atoms with Crippen molar-refractivity contribution in [1.29, 1.82) is 0 Å². The van der Waals surface area contributed by atoms with Crippen molar-refractivity contribution in [2.45, 2.75) is 96.7 Å². The summed E-state index contributed by atoms with van der Waals surface area (Å²) in [5, 5.41) is 3.65. The van der Waals surface area contributed by atoms with Crippen molar-refractivity contribution in [1.82, 2.24) is 5.32 Å². The van der Waals surface area contributed by atoms with Crippen molar-refractivity contribution >= 4 is 0 Å². The molecule has 21 heavy (non-hydrogen) atoms. The second kappa shape index (κ2) is 8.53. The molecule has 2 aliphatic carbocycles. The molecule has 0 aromatic heterocycles. The lowest BCUT2D eigenvalue weighted by Gasteiger charge is -2.44. The van der Waals surface area contributed by atoms with E-state index in [0.717, 1.165) is 24.9 Å². The Morgan fingerprint density at radius 2 is 1.86 bits per heavy atom. The molecule has 0 heterocycles. The molecular weight excluding hydrogens is 258 g/mol. The Kier molecular flexibility index (Phi) is 7.01. The predicted octanol–water partition coefficient (Wildman–Crippen LogP) is 4.92. The Labute approximate surface area is 132 Å². The monoisotopic (exact) mass is 295 g/mol. The first-order valence-electron chi connectivity index (χ1n) is 9.56. The standard InChI is InChI=1S/C19H37NO/c1-4-13-20-15-19(11-9-17(5-2)10-12-19)21-18-8-6-7-16(3)14-18/h16-18,20H,4-15H2,1-3H3. The molecule has 0 aromatic carbocycles. The fraction of sp³-hybridized carbons (Fsp3) is 1.00. The van der Waals surface area contributed by atoms with Crippen LogP contribution in [0.2, 0.25) is 0 Å². The third kappa shape index (κ3) is 5.25. The average molecular weight is 296 g/mol. The van der Waals surface area contributed by atoms with Gasteiger partial charge in [0.25, 0.3) is 0 Å². The summed E-state index contributed by atoms with van der Waals surface area (Å²) in [5.41, 5.74) is 0.141. The summed E-state index contributed by atoms with van der Waals surface area (Å²) in [6.07, 6.45) is 13.7. The van der Waals surface area contributed by atoms with Crippen LogP contribution in [0.5, 0.6) is 0 Å². The number of rotatable bonds is 7. The largest absolute Gasteiger partial charge is 0.370 e. The van der Waals surface area contributed by atoms with Gasteiger partial charge in [0.2, 0.25) is 0 Å². The van der Waals surface area contributed by atoms with Gasteiger partial charge in [-0.2, -0.15) is 0 Å². The fourth-order valence-corrected chi connectivity index (χ4v) is 4.28. The predicted molar refractivity (Wildman–Crippen MR) is 90.6 cm³/mol. The van der Waals surface area contributed by atoms with Gasteiger partial charge in [0.15, 0.2) is 0 Å². The molecule has 2 unspecified atom stereocenters. The zero-order chi connectivity index (χ0) is 15.1. The second-order valence-electron chi connectivity index (χ2n) is 7.72. The van der Waals surface area contributed by atoms with Gasteiger partial charge in [-0.3, -0.25) is 0 Å². The Hall–Kier alpha value is -0.0800. The van der Waals surface area contributed by atoms with E-state index in [1.54, 1.807) is 0 Å². The van der Waals surface area contributed by atoms with E-state index in [1.807, 2.05) is 0 Å². The molecule has 0 amide bonds. The van der Waals surface area contributed by atoms with E-state index in [4.69, 9.17) is 4.74 Å². The SMILES string of the molecule is CCCNCC1(OC2CCCC(C)C2)CCC(CC)CC1. The molecule has 124 valence electrons. The minimum absolute atomic E-state index is 0.141. The number of ether oxygens (including phenoxy) is 1. The van der Waals surface area contributed by atoms with E-state index < -0.39 is 0 Å². The highest BCUT2D eigenvalue weighted by Crippen LogP contribution is 2.39. The van der Waals surface area contributed by atoms with Crippen molar-refractivity contribution in [3.63, 3.8) is 0 Å². The molecule has 2 fully saturated rings. The molecule has 2 rings (SSSR count). The lowest BCUT2D eigenvalue weighted by atomic mass is 9.77. The molecule has 0 aliphatic heterocycles. The molecule has 0 aromatic rings. The van der Waals surface area contributed by atoms with Crippen molar-refractivity contribution in [2.75, 3.05) is 13.1 Å². The summed E-state index contributed by atoms with van der Waals surface area (Å²) >= 11 is 0. The zero-order valence-electron chi connectivity index (χ0n) is 14.6. The van der Waals surface area contributed by atoms with Crippen LogP contribution in [-0.4, -0.2) is 24.8 Å². The third-order valence-electron chi connectivity index (χ3n) is 5.77. The van der Waals surface area contributed by atoms with Gasteiger partial charge in [-0.05, 0) is 63.3 Å². The van der Waals surface area contributed by atoms with Crippen molar-refractivity contribution in [3.8, 4) is 0 Å². The lowest BCUT2D eigenvalue weighted by Crippen LogP contribution is -2.48. The molecule has 2 aliphatic rings. The van der Waals surface area contributed by atoms with E-state index >= 15 is 0 Å². The van der Waals surface area contributed by atoms with Crippen LogP contribution in [0, 0.1) is 11.8 Å². The van der Waals surface area contributed by atoms with Crippen LogP contribution in [0.15, 0.2) is 0 Å². The van der Waals surface area contributed by atoms with Crippen LogP contribution < -0.4 is 5.32 Å². The lowest BCUT2D eigenvalue weighted by molar-refractivity contribution is -0.131. The van der Waals surface area contributed by atoms with Gasteiger partial charge in [0.05, 0.1) is 11.7 Å². The summed E-state index contributed by atoms with van der Waals surface area (Å²) in [5.74, 6) is 1.80. The highest BCUT2D eigenvalue weighted by atomic mass is 16.5. The first-order valence-corrected chi connectivity index (χ1v) is 9.56. The van der Waals surface area contributed by atoms with Gasteiger partial charge in [0, 0.05) is 6.54 Å². The first kappa shape index (κ1) is 17.3. The molecule has 0 saturated heterocycles. The molecule has 2 atom stereocenters. The quantitative estimate of drug-likeness (QED) is 0.673. The maximum atomic E-state index is 6.77. The van der Waals surface area contributed by atoms with E-state index in [1.165, 1.54) is 64.2 Å². The highest BCUT2D eigenvalue weighted by molar-refractivity contribution is 4.91. The van der Waals surface area contributed by atoms with Crippen LogP contribution in [0.4, 0.5) is 0 Å². The zero-order valence-corrected chi connectivity index (χ0v) is 14.6. The molecule has 2 saturated carbocycles. The minimum Gasteiger partial charge on any atom is -0.370 e. The second-order valence-corrected chi connectivity index (χ2v) is 7.72. The maximum absolute atomic E-state index is 6.77. The van der Waals surface area contributed by atoms with Crippen molar-refractivity contribution < 1.29 is 4.74 Å². The summed E-state index contributed by atoms with van der Waals surface area (Å²) in [4.78, 5) is 0. The first-order chi connectivity index (χ1) is 10.2. The van der Waals surface area contributed by atoms with Gasteiger partial charge in [0.1, 0.15) is 0 Å². The van der Waals surface area contributed by atoms with E-state index in [0.29, 0.717) is 6.10 Å². The average Bonchev–Trinajstić information content (AvgIpc) is 2.48. The van der Waals surface area contributed by atoms with Gasteiger partial charge in [-0.25, -0.2) is 0 Å². The van der Waals surface area contributed by atoms with Gasteiger partial charge in [-0.1, -0.05) is 40.0 Å². The molecular formula is C19H37NO. The van der Waals surface area contributed by atoms with Crippen LogP contribution in [0.1, 0.15) is 85.0 Å². The molecule has 2 nitrogen and oxygen atoms in total. The molecule has 0 spiro atoms. The number of nitrogens with one attached hydrogen (secondary N) is 1. The van der Waals surface area contributed by atoms with Crippen LogP contribution >= 0.6 is 0 Å². The maximum Gasteiger partial charge on any atom is 0.0810 e. The van der Waals surface area contributed by atoms with Crippen molar-refractivity contribution in [3.05, 3.63) is 0 Å². The number of hydrogen-bond donors (Lipinski definition) is 1. The summed E-state index contributed by atoms with van der Waals surface area (Å²) < 4.78 is 6.77. The Morgan fingerprint density at radius 3 is 2.48 bits per heavy atom. The van der Waals surface area contributed by atoms with Crippen LogP contribution in [0.25, 0.3) is 0 Å². The number of hydrogen-bond acceptors (Lipinski definition) is 2. The molecule has 2 heteroatoms. The topological polar surface area (TPSA) is 21.3 Å². The van der Waals surface area contributed by atoms with E-state index in [9.17, 15) is 0 Å². The van der Waals surface area contributed by atoms with Gasteiger partial charge < -0.3 is 10.1 Å². The normalized spacial score (nSPS) is 37.6. The Bertz CT molecular complexity index is 278. The van der Waals surface area contributed by atoms with Crippen LogP contribution in [-0.2, 0) is 4.74 Å². The van der Waals surface area contributed by atoms with Crippen LogP contribution in [0.3, 0.4) is 0 Å². The molecule has 1 N–H and O–H groups in total. The Balaban J connectivity index is 1.91. The molecule has 0 bridgehead atoms. The molecule has 0 radical (unpaired) electrons. The fourth-order valence-electron chi connectivity index (χ4n) is 4.28. The third-order valence-corrected chi connectivity index (χ3v) is 5.77. The van der Waals surface area contributed by atoms with E-state index in [2.05, 4.69) is 26.1 Å².